The molecule has 16 heteroatoms. The summed E-state index contributed by atoms with van der Waals surface area (Å²) in [6, 6.07) is 4.06. The molecule has 1 fully saturated rings. The Labute approximate surface area is 221 Å². The lowest BCUT2D eigenvalue weighted by atomic mass is 10.2. The minimum atomic E-state index is -5.08. The Kier molecular flexibility index (Phi) is 9.02. The number of aromatic nitrogens is 4. The molecule has 0 amide bonds. The zero-order valence-electron chi connectivity index (χ0n) is 21.5. The highest BCUT2D eigenvalue weighted by Gasteiger charge is 2.38. The lowest BCUT2D eigenvalue weighted by molar-refractivity contribution is -0.192. The number of aromatic hydroxyl groups is 1. The average molecular weight is 575 g/mol. The number of rotatable bonds is 6. The number of phenols is 1. The number of sulfonamides is 1. The molecule has 0 atom stereocenters. The van der Waals surface area contributed by atoms with Crippen LogP contribution in [0.3, 0.4) is 0 Å². The Bertz CT molecular complexity index is 1510. The van der Waals surface area contributed by atoms with E-state index in [0.29, 0.717) is 49.6 Å². The summed E-state index contributed by atoms with van der Waals surface area (Å²) in [6.07, 6.45) is -3.62. The first-order valence-electron chi connectivity index (χ1n) is 12.0. The maximum Gasteiger partial charge on any atom is 0.490 e. The number of imidazole rings is 1. The van der Waals surface area contributed by atoms with Crippen LogP contribution in [0.2, 0.25) is 0 Å². The number of aliphatic carboxylic acids is 1. The molecule has 3 heterocycles. The molecule has 1 aliphatic heterocycles. The van der Waals surface area contributed by atoms with E-state index in [-0.39, 0.29) is 22.0 Å². The van der Waals surface area contributed by atoms with Gasteiger partial charge in [-0.25, -0.2) is 22.7 Å². The fourth-order valence-corrected chi connectivity index (χ4v) is 5.49. The number of hydrogen-bond donors (Lipinski definition) is 3. The molecule has 3 N–H and O–H groups in total. The fraction of sp³-hybridized carbons (Fsp3) is 0.478. The van der Waals surface area contributed by atoms with Crippen LogP contribution in [0.5, 0.6) is 5.75 Å². The van der Waals surface area contributed by atoms with Crippen LogP contribution in [-0.2, 0) is 21.2 Å². The van der Waals surface area contributed by atoms with E-state index in [0.717, 1.165) is 13.0 Å². The summed E-state index contributed by atoms with van der Waals surface area (Å²) in [5.74, 6) is -2.20. The second-order valence-electron chi connectivity index (χ2n) is 8.75. The molecule has 0 spiro atoms. The van der Waals surface area contributed by atoms with E-state index < -0.39 is 27.7 Å². The zero-order valence-corrected chi connectivity index (χ0v) is 22.3. The number of nitrogens with one attached hydrogen (secondary N) is 1. The molecular formula is C23H29F3N6O6S. The molecule has 0 bridgehead atoms. The van der Waals surface area contributed by atoms with Gasteiger partial charge in [-0.3, -0.25) is 4.79 Å². The van der Waals surface area contributed by atoms with E-state index in [1.807, 2.05) is 6.92 Å². The molecule has 39 heavy (non-hydrogen) atoms. The molecule has 0 radical (unpaired) electrons. The summed E-state index contributed by atoms with van der Waals surface area (Å²) >= 11 is 0. The highest BCUT2D eigenvalue weighted by atomic mass is 32.2. The zero-order chi connectivity index (χ0) is 29.1. The van der Waals surface area contributed by atoms with Crippen LogP contribution in [0.25, 0.3) is 16.9 Å². The van der Waals surface area contributed by atoms with Gasteiger partial charge in [-0.2, -0.15) is 17.5 Å². The highest BCUT2D eigenvalue weighted by molar-refractivity contribution is 7.89. The van der Waals surface area contributed by atoms with Crippen molar-refractivity contribution in [2.24, 2.45) is 0 Å². The number of likely N-dealkylation sites (N-methyl/N-ethyl adjacent to an activating group) is 1. The number of phenolic OH excluding ortho intramolecular Hbond substituents is 1. The van der Waals surface area contributed by atoms with Crippen LogP contribution in [-0.4, -0.2) is 92.3 Å². The molecule has 0 saturated carbocycles. The van der Waals surface area contributed by atoms with Crippen molar-refractivity contribution in [3.05, 3.63) is 40.1 Å². The first kappa shape index (κ1) is 30.0. The van der Waals surface area contributed by atoms with Crippen molar-refractivity contribution in [3.63, 3.8) is 0 Å². The van der Waals surface area contributed by atoms with Crippen molar-refractivity contribution < 1.29 is 36.6 Å². The molecule has 1 aliphatic rings. The van der Waals surface area contributed by atoms with Crippen molar-refractivity contribution in [2.45, 2.75) is 44.7 Å². The number of piperazine rings is 1. The van der Waals surface area contributed by atoms with Crippen LogP contribution < -0.4 is 5.56 Å². The standard InChI is InChI=1S/C21H28N6O4S.C2HF3O2/c1-4-6-18-22-14(3)19-21(29)23-20(24-27(18)19)16-13-15(7-8-17(16)28)32(30,31)26-11-9-25(5-2)10-12-26;3-2(4,5)1(6)7/h7-8,13,28H,4-6,9-12H2,1-3H3,(H,23,24,29);(H,6,7). The van der Waals surface area contributed by atoms with Crippen molar-refractivity contribution in [1.82, 2.24) is 28.8 Å². The second kappa shape index (κ2) is 11.7. The smallest absolute Gasteiger partial charge is 0.490 e. The van der Waals surface area contributed by atoms with Crippen molar-refractivity contribution in [1.29, 1.82) is 0 Å². The first-order chi connectivity index (χ1) is 18.2. The third-order valence-electron chi connectivity index (χ3n) is 6.10. The average Bonchev–Trinajstić information content (AvgIpc) is 3.19. The normalized spacial score (nSPS) is 15.2. The molecule has 3 aromatic rings. The monoisotopic (exact) mass is 574 g/mol. The Balaban J connectivity index is 0.000000532. The summed E-state index contributed by atoms with van der Waals surface area (Å²) in [4.78, 5) is 31.0. The van der Waals surface area contributed by atoms with Gasteiger partial charge in [0.25, 0.3) is 5.56 Å². The summed E-state index contributed by atoms with van der Waals surface area (Å²) in [5, 5.41) is 22.1. The SMILES string of the molecule is CCCc1nc(C)c2c(=O)[nH]c(-c3cc(S(=O)(=O)N4CCN(CC)CC4)ccc3O)nn12.O=C(O)C(F)(F)F. The van der Waals surface area contributed by atoms with Gasteiger partial charge in [0.15, 0.2) is 11.3 Å². The number of aromatic amines is 1. The van der Waals surface area contributed by atoms with E-state index in [4.69, 9.17) is 9.90 Å². The van der Waals surface area contributed by atoms with Crippen LogP contribution in [0, 0.1) is 6.92 Å². The Hall–Kier alpha value is -3.50. The lowest BCUT2D eigenvalue weighted by Crippen LogP contribution is -2.48. The van der Waals surface area contributed by atoms with Crippen molar-refractivity contribution >= 4 is 21.5 Å². The predicted octanol–water partition coefficient (Wildman–Crippen LogP) is 2.01. The number of H-pyrrole nitrogens is 1. The molecule has 214 valence electrons. The van der Waals surface area contributed by atoms with E-state index in [1.54, 1.807) is 6.92 Å². The molecule has 1 aromatic carbocycles. The van der Waals surface area contributed by atoms with E-state index in [1.165, 1.54) is 27.0 Å². The van der Waals surface area contributed by atoms with Gasteiger partial charge in [-0.15, -0.1) is 5.10 Å². The third kappa shape index (κ3) is 6.57. The maximum absolute atomic E-state index is 13.2. The second-order valence-corrected chi connectivity index (χ2v) is 10.7. The number of hydrogen-bond acceptors (Lipinski definition) is 8. The number of fused-ring (bicyclic) bond motifs is 1. The van der Waals surface area contributed by atoms with Gasteiger partial charge in [0.2, 0.25) is 10.0 Å². The molecule has 0 unspecified atom stereocenters. The first-order valence-corrected chi connectivity index (χ1v) is 13.5. The molecule has 0 aliphatic carbocycles. The van der Waals surface area contributed by atoms with E-state index in [2.05, 4.69) is 26.9 Å². The van der Waals surface area contributed by atoms with Gasteiger partial charge in [-0.1, -0.05) is 13.8 Å². The molecule has 2 aromatic heterocycles. The number of nitrogens with zero attached hydrogens (tertiary/aromatic N) is 5. The van der Waals surface area contributed by atoms with Crippen LogP contribution in [0.4, 0.5) is 13.2 Å². The van der Waals surface area contributed by atoms with Crippen LogP contribution in [0.1, 0.15) is 31.8 Å². The van der Waals surface area contributed by atoms with Crippen molar-refractivity contribution in [3.8, 4) is 17.1 Å². The lowest BCUT2D eigenvalue weighted by Gasteiger charge is -2.33. The van der Waals surface area contributed by atoms with Gasteiger partial charge >= 0.3 is 12.1 Å². The fourth-order valence-electron chi connectivity index (χ4n) is 4.04. The number of carboxylic acids is 1. The molecular weight excluding hydrogens is 545 g/mol. The quantitative estimate of drug-likeness (QED) is 0.400. The summed E-state index contributed by atoms with van der Waals surface area (Å²) in [5.41, 5.74) is 0.659. The van der Waals surface area contributed by atoms with Crippen LogP contribution in [0.15, 0.2) is 27.9 Å². The summed E-state index contributed by atoms with van der Waals surface area (Å²) in [7, 11) is -3.75. The number of carbonyl (C=O) groups is 1. The van der Waals surface area contributed by atoms with Gasteiger partial charge < -0.3 is 20.1 Å². The number of benzene rings is 1. The van der Waals surface area contributed by atoms with E-state index in [9.17, 15) is 31.5 Å². The van der Waals surface area contributed by atoms with Gasteiger partial charge in [-0.05, 0) is 38.1 Å². The highest BCUT2D eigenvalue weighted by Crippen LogP contribution is 2.30. The number of aryl methyl sites for hydroxylation is 2. The molecule has 1 saturated heterocycles. The van der Waals surface area contributed by atoms with Gasteiger partial charge in [0.1, 0.15) is 11.6 Å². The van der Waals surface area contributed by atoms with Gasteiger partial charge in [0, 0.05) is 32.6 Å². The number of alkyl halides is 3. The Morgan fingerprint density at radius 2 is 1.77 bits per heavy atom. The Morgan fingerprint density at radius 1 is 1.15 bits per heavy atom. The molecule has 12 nitrogen and oxygen atoms in total. The predicted molar refractivity (Wildman–Crippen MR) is 134 cm³/mol. The third-order valence-corrected chi connectivity index (χ3v) is 7.99. The number of carboxylic acid groups (broad SMARTS) is 1. The van der Waals surface area contributed by atoms with Crippen molar-refractivity contribution in [2.75, 3.05) is 32.7 Å². The van der Waals surface area contributed by atoms with Crippen LogP contribution >= 0.6 is 0 Å². The van der Waals surface area contributed by atoms with Gasteiger partial charge in [0.05, 0.1) is 16.2 Å². The largest absolute Gasteiger partial charge is 0.507 e. The minimum Gasteiger partial charge on any atom is -0.507 e. The summed E-state index contributed by atoms with van der Waals surface area (Å²) < 4.78 is 61.1. The van der Waals surface area contributed by atoms with E-state index >= 15 is 0 Å². The summed E-state index contributed by atoms with van der Waals surface area (Å²) in [6.45, 7) is 8.84. The Morgan fingerprint density at radius 3 is 2.31 bits per heavy atom. The molecule has 4 rings (SSSR count). The topological polar surface area (TPSA) is 161 Å². The maximum atomic E-state index is 13.2. The minimum absolute atomic E-state index is 0.0496. The number of halogens is 3.